The van der Waals surface area contributed by atoms with Crippen LogP contribution in [0.15, 0.2) is 73.1 Å². The molecule has 202 valence electrons. The molecule has 0 aliphatic carbocycles. The fourth-order valence-corrected chi connectivity index (χ4v) is 4.21. The maximum absolute atomic E-state index is 14.1. The van der Waals surface area contributed by atoms with Gasteiger partial charge in [0.15, 0.2) is 0 Å². The van der Waals surface area contributed by atoms with Gasteiger partial charge in [-0.25, -0.2) is 9.48 Å². The van der Waals surface area contributed by atoms with Gasteiger partial charge >= 0.3 is 5.97 Å². The predicted octanol–water partition coefficient (Wildman–Crippen LogP) is 3.94. The maximum atomic E-state index is 14.1. The first kappa shape index (κ1) is 27.4. The molecule has 10 heteroatoms. The van der Waals surface area contributed by atoms with Crippen LogP contribution in [0.1, 0.15) is 49.2 Å². The largest absolute Gasteiger partial charge is 0.462 e. The Labute approximate surface area is 227 Å². The third kappa shape index (κ3) is 6.64. The molecule has 0 unspecified atom stereocenters. The number of aromatic nitrogens is 4. The lowest BCUT2D eigenvalue weighted by atomic mass is 10.0. The molecule has 2 aromatic heterocycles. The Hall–Kier alpha value is -4.60. The number of para-hydroxylation sites is 1. The van der Waals surface area contributed by atoms with Crippen molar-refractivity contribution >= 4 is 34.5 Å². The lowest BCUT2D eigenvalue weighted by Crippen LogP contribution is -2.45. The highest BCUT2D eigenvalue weighted by molar-refractivity contribution is 6.02. The quantitative estimate of drug-likeness (QED) is 0.293. The van der Waals surface area contributed by atoms with E-state index in [1.54, 1.807) is 55.7 Å². The van der Waals surface area contributed by atoms with Gasteiger partial charge in [0, 0.05) is 30.2 Å². The molecule has 0 fully saturated rings. The summed E-state index contributed by atoms with van der Waals surface area (Å²) in [6.45, 7) is 6.35. The van der Waals surface area contributed by atoms with E-state index >= 15 is 0 Å². The molecule has 2 heterocycles. The number of benzene rings is 2. The fraction of sp³-hybridized carbons (Fsp3) is 0.310. The van der Waals surface area contributed by atoms with Crippen LogP contribution in [0.2, 0.25) is 0 Å². The standard InChI is InChI=1S/C29H32N6O4/c1-4-39-29(38)21-9-7-11-23(17-21)35(26(36)19-34-25-13-6-5-12-24(25)32-33-34)27(22-10-8-15-30-18-22)28(37)31-16-14-20(2)3/h5-13,15,17-18,20,27H,4,14,16,19H2,1-3H3,(H,31,37)/t27-/m0/s1. The summed E-state index contributed by atoms with van der Waals surface area (Å²) < 4.78 is 6.67. The average molecular weight is 529 g/mol. The van der Waals surface area contributed by atoms with Crippen LogP contribution in [0.25, 0.3) is 11.0 Å². The first-order valence-corrected chi connectivity index (χ1v) is 12.9. The number of fused-ring (bicyclic) bond motifs is 1. The zero-order chi connectivity index (χ0) is 27.8. The molecule has 1 N–H and O–H groups in total. The number of hydrogen-bond donors (Lipinski definition) is 1. The highest BCUT2D eigenvalue weighted by atomic mass is 16.5. The molecule has 2 amide bonds. The predicted molar refractivity (Wildman–Crippen MR) is 147 cm³/mol. The Bertz CT molecular complexity index is 1440. The summed E-state index contributed by atoms with van der Waals surface area (Å²) in [7, 11) is 0. The Morgan fingerprint density at radius 2 is 1.87 bits per heavy atom. The maximum Gasteiger partial charge on any atom is 0.338 e. The van der Waals surface area contributed by atoms with E-state index in [0.717, 1.165) is 6.42 Å². The van der Waals surface area contributed by atoms with Crippen molar-refractivity contribution in [1.82, 2.24) is 25.3 Å². The van der Waals surface area contributed by atoms with Crippen LogP contribution in [0.5, 0.6) is 0 Å². The van der Waals surface area contributed by atoms with Crippen LogP contribution in [-0.2, 0) is 20.9 Å². The lowest BCUT2D eigenvalue weighted by molar-refractivity contribution is -0.127. The second kappa shape index (κ2) is 12.8. The van der Waals surface area contributed by atoms with Crippen molar-refractivity contribution in [1.29, 1.82) is 0 Å². The fourth-order valence-electron chi connectivity index (χ4n) is 4.21. The van der Waals surface area contributed by atoms with Crippen molar-refractivity contribution in [3.63, 3.8) is 0 Å². The third-order valence-electron chi connectivity index (χ3n) is 6.14. The number of esters is 1. The summed E-state index contributed by atoms with van der Waals surface area (Å²) >= 11 is 0. The minimum atomic E-state index is -1.05. The molecule has 4 aromatic rings. The van der Waals surface area contributed by atoms with Crippen LogP contribution in [0, 0.1) is 5.92 Å². The molecule has 0 aliphatic heterocycles. The molecule has 0 radical (unpaired) electrons. The lowest BCUT2D eigenvalue weighted by Gasteiger charge is -2.31. The van der Waals surface area contributed by atoms with Gasteiger partial charge in [0.1, 0.15) is 18.1 Å². The zero-order valence-electron chi connectivity index (χ0n) is 22.3. The number of nitrogens with zero attached hydrogens (tertiary/aromatic N) is 5. The van der Waals surface area contributed by atoms with Gasteiger partial charge in [0.05, 0.1) is 17.7 Å². The van der Waals surface area contributed by atoms with Crippen molar-refractivity contribution in [3.8, 4) is 0 Å². The van der Waals surface area contributed by atoms with Gasteiger partial charge in [0.25, 0.3) is 0 Å². The van der Waals surface area contributed by atoms with E-state index in [1.807, 2.05) is 24.3 Å². The van der Waals surface area contributed by atoms with E-state index in [9.17, 15) is 14.4 Å². The van der Waals surface area contributed by atoms with E-state index in [-0.39, 0.29) is 24.6 Å². The molecular weight excluding hydrogens is 496 g/mol. The number of anilines is 1. The Morgan fingerprint density at radius 3 is 2.62 bits per heavy atom. The minimum Gasteiger partial charge on any atom is -0.462 e. The van der Waals surface area contributed by atoms with Crippen molar-refractivity contribution in [2.75, 3.05) is 18.1 Å². The van der Waals surface area contributed by atoms with E-state index in [2.05, 4.69) is 34.5 Å². The number of carbonyl (C=O) groups excluding carboxylic acids is 3. The van der Waals surface area contributed by atoms with Crippen LogP contribution in [0.4, 0.5) is 5.69 Å². The van der Waals surface area contributed by atoms with Gasteiger partial charge in [-0.05, 0) is 55.7 Å². The van der Waals surface area contributed by atoms with Gasteiger partial charge in [-0.2, -0.15) is 0 Å². The smallest absolute Gasteiger partial charge is 0.338 e. The molecule has 39 heavy (non-hydrogen) atoms. The Morgan fingerprint density at radius 1 is 1.05 bits per heavy atom. The minimum absolute atomic E-state index is 0.180. The Balaban J connectivity index is 1.79. The summed E-state index contributed by atoms with van der Waals surface area (Å²) in [5.41, 5.74) is 2.49. The summed E-state index contributed by atoms with van der Waals surface area (Å²) in [4.78, 5) is 45.9. The highest BCUT2D eigenvalue weighted by Gasteiger charge is 2.34. The van der Waals surface area contributed by atoms with Crippen molar-refractivity contribution in [2.24, 2.45) is 5.92 Å². The van der Waals surface area contributed by atoms with Gasteiger partial charge < -0.3 is 10.1 Å². The number of hydrogen-bond acceptors (Lipinski definition) is 7. The van der Waals surface area contributed by atoms with Crippen molar-refractivity contribution < 1.29 is 19.1 Å². The average Bonchev–Trinajstić information content (AvgIpc) is 3.34. The SMILES string of the molecule is CCOC(=O)c1cccc(N(C(=O)Cn2nnc3ccccc32)[C@H](C(=O)NCCC(C)C)c2cccnc2)c1. The summed E-state index contributed by atoms with van der Waals surface area (Å²) in [5.74, 6) is -0.906. The number of nitrogens with one attached hydrogen (secondary N) is 1. The molecular formula is C29H32N6O4. The van der Waals surface area contributed by atoms with E-state index in [0.29, 0.717) is 34.7 Å². The van der Waals surface area contributed by atoms with Gasteiger partial charge in [-0.3, -0.25) is 19.5 Å². The second-order valence-electron chi connectivity index (χ2n) is 9.43. The molecule has 2 aromatic carbocycles. The Kier molecular flexibility index (Phi) is 8.98. The number of amides is 2. The van der Waals surface area contributed by atoms with Gasteiger partial charge in [-0.15, -0.1) is 5.10 Å². The van der Waals surface area contributed by atoms with Crippen LogP contribution < -0.4 is 10.2 Å². The van der Waals surface area contributed by atoms with Crippen molar-refractivity contribution in [3.05, 3.63) is 84.2 Å². The summed E-state index contributed by atoms with van der Waals surface area (Å²) in [6, 6.07) is 16.2. The van der Waals surface area contributed by atoms with E-state index in [4.69, 9.17) is 4.74 Å². The molecule has 0 spiro atoms. The van der Waals surface area contributed by atoms with E-state index in [1.165, 1.54) is 9.58 Å². The number of pyridine rings is 1. The highest BCUT2D eigenvalue weighted by Crippen LogP contribution is 2.29. The summed E-state index contributed by atoms with van der Waals surface area (Å²) in [5, 5.41) is 11.3. The normalized spacial score (nSPS) is 11.8. The molecule has 1 atom stereocenters. The zero-order valence-corrected chi connectivity index (χ0v) is 22.3. The molecule has 0 bridgehead atoms. The van der Waals surface area contributed by atoms with Crippen molar-refractivity contribution in [2.45, 2.75) is 39.8 Å². The first-order chi connectivity index (χ1) is 18.9. The van der Waals surface area contributed by atoms with Gasteiger partial charge in [-0.1, -0.05) is 43.3 Å². The molecule has 0 aliphatic rings. The molecule has 0 saturated carbocycles. The first-order valence-electron chi connectivity index (χ1n) is 12.9. The molecule has 4 rings (SSSR count). The number of rotatable bonds is 11. The summed E-state index contributed by atoms with van der Waals surface area (Å²) in [6.07, 6.45) is 3.95. The number of ether oxygens (including phenoxy) is 1. The number of carbonyl (C=O) groups is 3. The monoisotopic (exact) mass is 528 g/mol. The van der Waals surface area contributed by atoms with Crippen LogP contribution in [-0.4, -0.2) is 50.9 Å². The third-order valence-corrected chi connectivity index (χ3v) is 6.14. The van der Waals surface area contributed by atoms with Gasteiger partial charge in [0.2, 0.25) is 11.8 Å². The molecule has 10 nitrogen and oxygen atoms in total. The van der Waals surface area contributed by atoms with Crippen LogP contribution in [0.3, 0.4) is 0 Å². The van der Waals surface area contributed by atoms with Crippen LogP contribution >= 0.6 is 0 Å². The molecule has 0 saturated heterocycles. The second-order valence-corrected chi connectivity index (χ2v) is 9.43. The topological polar surface area (TPSA) is 119 Å². The van der Waals surface area contributed by atoms with E-state index < -0.39 is 17.9 Å².